The molecular weight excluding hydrogens is 360 g/mol. The van der Waals surface area contributed by atoms with Crippen molar-refractivity contribution in [3.05, 3.63) is 58.7 Å². The molecule has 27 heavy (non-hydrogen) atoms. The lowest BCUT2D eigenvalue weighted by Gasteiger charge is -2.32. The van der Waals surface area contributed by atoms with Crippen LogP contribution >= 0.6 is 0 Å². The van der Waals surface area contributed by atoms with E-state index in [0.29, 0.717) is 24.2 Å². The summed E-state index contributed by atoms with van der Waals surface area (Å²) in [5.74, 6) is -0.00236. The first-order valence-electron chi connectivity index (χ1n) is 9.43. The zero-order valence-electron chi connectivity index (χ0n) is 15.7. The molecule has 0 unspecified atom stereocenters. The highest BCUT2D eigenvalue weighted by atomic mass is 32.2. The summed E-state index contributed by atoms with van der Waals surface area (Å²) in [6.07, 6.45) is 4.71. The minimum absolute atomic E-state index is 0.00236. The summed E-state index contributed by atoms with van der Waals surface area (Å²) in [7, 11) is -3.28. The second kappa shape index (κ2) is 6.68. The highest BCUT2D eigenvalue weighted by Gasteiger charge is 2.29. The minimum Gasteiger partial charge on any atom is -0.308 e. The first-order chi connectivity index (χ1) is 12.9. The number of amides is 1. The molecule has 2 aliphatic rings. The zero-order valence-corrected chi connectivity index (χ0v) is 16.6. The molecule has 0 saturated carbocycles. The van der Waals surface area contributed by atoms with E-state index in [1.54, 1.807) is 12.1 Å². The molecule has 0 atom stereocenters. The van der Waals surface area contributed by atoms with Gasteiger partial charge in [-0.15, -0.1) is 0 Å². The van der Waals surface area contributed by atoms with Crippen molar-refractivity contribution in [2.24, 2.45) is 0 Å². The summed E-state index contributed by atoms with van der Waals surface area (Å²) < 4.78 is 25.3. The zero-order chi connectivity index (χ0) is 19.2. The van der Waals surface area contributed by atoms with Gasteiger partial charge >= 0.3 is 0 Å². The van der Waals surface area contributed by atoms with Gasteiger partial charge in [0, 0.05) is 18.7 Å². The standard InChI is InChI=1S/C21H24N2O3S/c1-3-15-6-4-7-16-8-5-12-22(20(15)16)21(24)18-9-10-19-17(14-18)11-13-23(19)27(2,25)26/h4,6-7,9-10,14H,3,5,8,11-13H2,1-2H3. The molecule has 2 heterocycles. The van der Waals surface area contributed by atoms with Crippen LogP contribution in [-0.4, -0.2) is 33.7 Å². The molecule has 6 heteroatoms. The second-order valence-corrected chi connectivity index (χ2v) is 9.17. The van der Waals surface area contributed by atoms with Gasteiger partial charge in [-0.2, -0.15) is 0 Å². The van der Waals surface area contributed by atoms with Crippen LogP contribution in [0.5, 0.6) is 0 Å². The number of fused-ring (bicyclic) bond motifs is 2. The quantitative estimate of drug-likeness (QED) is 0.817. The number of nitrogens with zero attached hydrogens (tertiary/aromatic N) is 2. The summed E-state index contributed by atoms with van der Waals surface area (Å²) >= 11 is 0. The van der Waals surface area contributed by atoms with Crippen molar-refractivity contribution in [3.8, 4) is 0 Å². The fourth-order valence-electron chi connectivity index (χ4n) is 4.23. The highest BCUT2D eigenvalue weighted by molar-refractivity contribution is 7.92. The smallest absolute Gasteiger partial charge is 0.258 e. The van der Waals surface area contributed by atoms with E-state index in [9.17, 15) is 13.2 Å². The molecule has 0 bridgehead atoms. The number of carbonyl (C=O) groups excluding carboxylic acids is 1. The predicted octanol–water partition coefficient (Wildman–Crippen LogP) is 3.16. The van der Waals surface area contributed by atoms with Gasteiger partial charge in [-0.3, -0.25) is 9.10 Å². The van der Waals surface area contributed by atoms with E-state index in [2.05, 4.69) is 25.1 Å². The Balaban J connectivity index is 1.70. The third-order valence-electron chi connectivity index (χ3n) is 5.51. The van der Waals surface area contributed by atoms with E-state index in [1.165, 1.54) is 21.7 Å². The van der Waals surface area contributed by atoms with Gasteiger partial charge in [0.15, 0.2) is 0 Å². The van der Waals surface area contributed by atoms with Crippen LogP contribution in [0, 0.1) is 0 Å². The van der Waals surface area contributed by atoms with Crippen molar-refractivity contribution in [1.82, 2.24) is 0 Å². The summed E-state index contributed by atoms with van der Waals surface area (Å²) in [5.41, 5.74) is 5.75. The topological polar surface area (TPSA) is 57.7 Å². The molecule has 5 nitrogen and oxygen atoms in total. The maximum absolute atomic E-state index is 13.3. The molecule has 0 aromatic heterocycles. The number of carbonyl (C=O) groups is 1. The second-order valence-electron chi connectivity index (χ2n) is 7.27. The normalized spacial score (nSPS) is 16.2. The Morgan fingerprint density at radius 3 is 2.63 bits per heavy atom. The number of hydrogen-bond acceptors (Lipinski definition) is 3. The lowest BCUT2D eigenvalue weighted by molar-refractivity contribution is 0.0985. The van der Waals surface area contributed by atoms with E-state index in [0.717, 1.165) is 37.1 Å². The molecule has 0 fully saturated rings. The molecule has 0 spiro atoms. The molecule has 2 aromatic carbocycles. The molecule has 2 aromatic rings. The number of para-hydroxylation sites is 1. The van der Waals surface area contributed by atoms with E-state index in [4.69, 9.17) is 0 Å². The number of sulfonamides is 1. The van der Waals surface area contributed by atoms with Crippen molar-refractivity contribution in [3.63, 3.8) is 0 Å². The summed E-state index contributed by atoms with van der Waals surface area (Å²) in [6, 6.07) is 11.7. The van der Waals surface area contributed by atoms with Crippen LogP contribution in [-0.2, 0) is 29.3 Å². The minimum atomic E-state index is -3.28. The Bertz CT molecular complexity index is 1000. The summed E-state index contributed by atoms with van der Waals surface area (Å²) in [4.78, 5) is 15.2. The first-order valence-corrected chi connectivity index (χ1v) is 11.3. The SMILES string of the molecule is CCc1cccc2c1N(C(=O)c1ccc3c(c1)CCN3S(C)(=O)=O)CCC2. The molecule has 142 valence electrons. The molecule has 4 rings (SSSR count). The average Bonchev–Trinajstić information content (AvgIpc) is 3.10. The third-order valence-corrected chi connectivity index (χ3v) is 6.69. The van der Waals surface area contributed by atoms with E-state index in [-0.39, 0.29) is 5.91 Å². The van der Waals surface area contributed by atoms with Gasteiger partial charge in [-0.25, -0.2) is 8.42 Å². The molecule has 2 aliphatic heterocycles. The highest BCUT2D eigenvalue weighted by Crippen LogP contribution is 2.34. The third kappa shape index (κ3) is 3.12. The number of hydrogen-bond donors (Lipinski definition) is 0. The molecule has 0 saturated heterocycles. The fourth-order valence-corrected chi connectivity index (χ4v) is 5.18. The number of anilines is 2. The fraction of sp³-hybridized carbons (Fsp3) is 0.381. The maximum Gasteiger partial charge on any atom is 0.258 e. The van der Waals surface area contributed by atoms with Crippen molar-refractivity contribution in [1.29, 1.82) is 0 Å². The Kier molecular flexibility index (Phi) is 4.46. The van der Waals surface area contributed by atoms with Gasteiger partial charge in [0.2, 0.25) is 10.0 Å². The largest absolute Gasteiger partial charge is 0.308 e. The average molecular weight is 385 g/mol. The number of aryl methyl sites for hydroxylation is 2. The van der Waals surface area contributed by atoms with E-state index >= 15 is 0 Å². The van der Waals surface area contributed by atoms with Gasteiger partial charge in [-0.05, 0) is 60.6 Å². The lowest BCUT2D eigenvalue weighted by atomic mass is 9.95. The van der Waals surface area contributed by atoms with Gasteiger partial charge in [0.25, 0.3) is 5.91 Å². The van der Waals surface area contributed by atoms with Crippen molar-refractivity contribution < 1.29 is 13.2 Å². The molecule has 1 amide bonds. The van der Waals surface area contributed by atoms with Gasteiger partial charge in [0.1, 0.15) is 0 Å². The van der Waals surface area contributed by atoms with Crippen LogP contribution < -0.4 is 9.21 Å². The Labute approximate surface area is 160 Å². The van der Waals surface area contributed by atoms with Gasteiger partial charge < -0.3 is 4.90 Å². The van der Waals surface area contributed by atoms with Crippen LogP contribution in [0.4, 0.5) is 11.4 Å². The summed E-state index contributed by atoms with van der Waals surface area (Å²) in [5, 5.41) is 0. The van der Waals surface area contributed by atoms with E-state index < -0.39 is 10.0 Å². The van der Waals surface area contributed by atoms with Gasteiger partial charge in [0.05, 0.1) is 17.6 Å². The van der Waals surface area contributed by atoms with Crippen LogP contribution in [0.1, 0.15) is 40.4 Å². The molecule has 0 aliphatic carbocycles. The lowest BCUT2D eigenvalue weighted by Crippen LogP contribution is -2.36. The first kappa shape index (κ1) is 18.0. The van der Waals surface area contributed by atoms with Crippen molar-refractivity contribution in [2.75, 3.05) is 28.6 Å². The number of benzene rings is 2. The van der Waals surface area contributed by atoms with Crippen molar-refractivity contribution >= 4 is 27.3 Å². The van der Waals surface area contributed by atoms with Crippen LogP contribution in [0.25, 0.3) is 0 Å². The Morgan fingerprint density at radius 2 is 1.89 bits per heavy atom. The molecule has 0 N–H and O–H groups in total. The monoisotopic (exact) mass is 384 g/mol. The summed E-state index contributed by atoms with van der Waals surface area (Å²) in [6.45, 7) is 3.27. The molecule has 0 radical (unpaired) electrons. The van der Waals surface area contributed by atoms with Crippen LogP contribution in [0.3, 0.4) is 0 Å². The number of rotatable bonds is 3. The van der Waals surface area contributed by atoms with Crippen LogP contribution in [0.15, 0.2) is 36.4 Å². The predicted molar refractivity (Wildman–Crippen MR) is 108 cm³/mol. The Hall–Kier alpha value is -2.34. The van der Waals surface area contributed by atoms with E-state index in [1.807, 2.05) is 11.0 Å². The van der Waals surface area contributed by atoms with Gasteiger partial charge in [-0.1, -0.05) is 25.1 Å². The van der Waals surface area contributed by atoms with Crippen LogP contribution in [0.2, 0.25) is 0 Å². The Morgan fingerprint density at radius 1 is 1.07 bits per heavy atom. The molecular formula is C21H24N2O3S. The maximum atomic E-state index is 13.3. The van der Waals surface area contributed by atoms with Crippen molar-refractivity contribution in [2.45, 2.75) is 32.6 Å².